The number of nitrogens with zero attached hydrogens (tertiary/aromatic N) is 1. The molecule has 0 aliphatic heterocycles. The molecule has 0 atom stereocenters. The first kappa shape index (κ1) is 18.3. The minimum atomic E-state index is -3.79. The highest BCUT2D eigenvalue weighted by Gasteiger charge is 2.28. The number of aryl methyl sites for hydroxylation is 2. The third-order valence-corrected chi connectivity index (χ3v) is 6.55. The van der Waals surface area contributed by atoms with Gasteiger partial charge in [-0.15, -0.1) is 0 Å². The summed E-state index contributed by atoms with van der Waals surface area (Å²) in [6.07, 6.45) is 0. The molecule has 0 saturated heterocycles. The second kappa shape index (κ2) is 7.17. The molecular formula is C23H21NO3S. The zero-order chi connectivity index (χ0) is 19.7. The maximum absolute atomic E-state index is 13.5. The quantitative estimate of drug-likeness (QED) is 0.455. The van der Waals surface area contributed by atoms with Crippen molar-refractivity contribution in [2.45, 2.75) is 25.3 Å². The molecule has 28 heavy (non-hydrogen) atoms. The van der Waals surface area contributed by atoms with Crippen molar-refractivity contribution in [3.05, 3.63) is 95.6 Å². The van der Waals surface area contributed by atoms with E-state index in [9.17, 15) is 8.42 Å². The molecule has 1 heterocycles. The summed E-state index contributed by atoms with van der Waals surface area (Å²) in [5.41, 5.74) is 3.61. The van der Waals surface area contributed by atoms with E-state index in [0.29, 0.717) is 11.5 Å². The Morgan fingerprint density at radius 3 is 2.25 bits per heavy atom. The molecule has 1 aromatic heterocycles. The number of benzene rings is 3. The van der Waals surface area contributed by atoms with E-state index in [2.05, 4.69) is 0 Å². The highest BCUT2D eigenvalue weighted by molar-refractivity contribution is 7.92. The molecule has 5 heteroatoms. The molecule has 4 nitrogen and oxygen atoms in total. The van der Waals surface area contributed by atoms with Crippen molar-refractivity contribution in [1.29, 1.82) is 0 Å². The molecule has 0 aliphatic carbocycles. The average molecular weight is 391 g/mol. The van der Waals surface area contributed by atoms with Crippen LogP contribution in [0.15, 0.2) is 88.2 Å². The molecule has 0 saturated carbocycles. The number of rotatable bonds is 5. The molecule has 142 valence electrons. The average Bonchev–Trinajstić information content (AvgIpc) is 3.12. The molecule has 4 aromatic rings. The first-order valence-corrected chi connectivity index (χ1v) is 10.5. The first-order valence-electron chi connectivity index (χ1n) is 9.08. The third kappa shape index (κ3) is 3.41. The van der Waals surface area contributed by atoms with Gasteiger partial charge in [-0.2, -0.15) is 0 Å². The lowest BCUT2D eigenvalue weighted by Crippen LogP contribution is -2.30. The van der Waals surface area contributed by atoms with Gasteiger partial charge in [0.1, 0.15) is 5.58 Å². The van der Waals surface area contributed by atoms with Crippen LogP contribution in [0.5, 0.6) is 0 Å². The van der Waals surface area contributed by atoms with Crippen LogP contribution in [0.3, 0.4) is 0 Å². The van der Waals surface area contributed by atoms with Crippen molar-refractivity contribution in [3.8, 4) is 0 Å². The van der Waals surface area contributed by atoms with Crippen molar-refractivity contribution in [2.24, 2.45) is 0 Å². The Morgan fingerprint density at radius 1 is 0.857 bits per heavy atom. The summed E-state index contributed by atoms with van der Waals surface area (Å²) in [6, 6.07) is 23.9. The van der Waals surface area contributed by atoms with Crippen LogP contribution in [0.2, 0.25) is 0 Å². The number of sulfonamides is 1. The van der Waals surface area contributed by atoms with Gasteiger partial charge in [-0.3, -0.25) is 0 Å². The Hall–Kier alpha value is -3.05. The van der Waals surface area contributed by atoms with E-state index in [1.165, 1.54) is 4.31 Å². The fourth-order valence-corrected chi connectivity index (χ4v) is 4.56. The summed E-state index contributed by atoms with van der Waals surface area (Å²) in [6.45, 7) is 4.10. The van der Waals surface area contributed by atoms with Crippen LogP contribution in [0.4, 0.5) is 5.88 Å². The van der Waals surface area contributed by atoms with Crippen LogP contribution in [0.1, 0.15) is 16.7 Å². The first-order chi connectivity index (χ1) is 13.4. The van der Waals surface area contributed by atoms with Gasteiger partial charge >= 0.3 is 0 Å². The SMILES string of the molecule is Cc1ccc(S(=O)(=O)N(Cc2ccccc2)c2cc3c(C)cccc3o2)cc1. The molecule has 3 aromatic carbocycles. The Kier molecular flexibility index (Phi) is 4.69. The van der Waals surface area contributed by atoms with Crippen LogP contribution in [-0.2, 0) is 16.6 Å². The van der Waals surface area contributed by atoms with Crippen molar-refractivity contribution >= 4 is 26.9 Å². The fraction of sp³-hybridized carbons (Fsp3) is 0.130. The van der Waals surface area contributed by atoms with Crippen molar-refractivity contribution < 1.29 is 12.8 Å². The van der Waals surface area contributed by atoms with Crippen molar-refractivity contribution in [1.82, 2.24) is 0 Å². The molecule has 0 spiro atoms. The molecule has 0 N–H and O–H groups in total. The molecule has 0 bridgehead atoms. The molecule has 0 amide bonds. The van der Waals surface area contributed by atoms with Gasteiger partial charge in [0.05, 0.1) is 11.4 Å². The number of furan rings is 1. The third-order valence-electron chi connectivity index (χ3n) is 4.79. The minimum absolute atomic E-state index is 0.190. The van der Waals surface area contributed by atoms with Crippen LogP contribution >= 0.6 is 0 Å². The molecular weight excluding hydrogens is 370 g/mol. The van der Waals surface area contributed by atoms with Crippen LogP contribution in [0.25, 0.3) is 11.0 Å². The Morgan fingerprint density at radius 2 is 1.57 bits per heavy atom. The second-order valence-electron chi connectivity index (χ2n) is 6.88. The van der Waals surface area contributed by atoms with Gasteiger partial charge in [-0.05, 0) is 43.2 Å². The van der Waals surface area contributed by atoms with Crippen molar-refractivity contribution in [3.63, 3.8) is 0 Å². The van der Waals surface area contributed by atoms with Crippen molar-refractivity contribution in [2.75, 3.05) is 4.31 Å². The Balaban J connectivity index is 1.85. The smallest absolute Gasteiger partial charge is 0.266 e. The van der Waals surface area contributed by atoms with E-state index in [0.717, 1.165) is 22.1 Å². The lowest BCUT2D eigenvalue weighted by Gasteiger charge is -2.22. The van der Waals surface area contributed by atoms with E-state index >= 15 is 0 Å². The van der Waals surface area contributed by atoms with Gasteiger partial charge in [0.15, 0.2) is 0 Å². The largest absolute Gasteiger partial charge is 0.439 e. The van der Waals surface area contributed by atoms with Gasteiger partial charge < -0.3 is 4.42 Å². The summed E-state index contributed by atoms with van der Waals surface area (Å²) in [5, 5.41) is 0.912. The van der Waals surface area contributed by atoms with Crippen LogP contribution in [-0.4, -0.2) is 8.42 Å². The van der Waals surface area contributed by atoms with Crippen LogP contribution in [0, 0.1) is 13.8 Å². The summed E-state index contributed by atoms with van der Waals surface area (Å²) >= 11 is 0. The predicted octanol–water partition coefficient (Wildman–Crippen LogP) is 5.45. The van der Waals surface area contributed by atoms with E-state index in [-0.39, 0.29) is 11.4 Å². The monoisotopic (exact) mass is 391 g/mol. The molecule has 4 rings (SSSR count). The van der Waals surface area contributed by atoms with Gasteiger partial charge in [0.2, 0.25) is 5.88 Å². The summed E-state index contributed by atoms with van der Waals surface area (Å²) < 4.78 is 34.3. The van der Waals surface area contributed by atoms with Gasteiger partial charge in [-0.1, -0.05) is 60.2 Å². The normalized spacial score (nSPS) is 11.6. The topological polar surface area (TPSA) is 50.5 Å². The minimum Gasteiger partial charge on any atom is -0.439 e. The van der Waals surface area contributed by atoms with E-state index in [1.807, 2.05) is 62.4 Å². The lowest BCUT2D eigenvalue weighted by atomic mass is 10.1. The highest BCUT2D eigenvalue weighted by atomic mass is 32.2. The number of hydrogen-bond donors (Lipinski definition) is 0. The molecule has 0 radical (unpaired) electrons. The Bertz CT molecular complexity index is 1210. The van der Waals surface area contributed by atoms with Gasteiger partial charge in [-0.25, -0.2) is 12.7 Å². The summed E-state index contributed by atoms with van der Waals surface area (Å²) in [5.74, 6) is 0.314. The van der Waals surface area contributed by atoms with Gasteiger partial charge in [0.25, 0.3) is 10.0 Å². The number of anilines is 1. The zero-order valence-electron chi connectivity index (χ0n) is 15.8. The standard InChI is InChI=1S/C23H21NO3S/c1-17-11-13-20(14-12-17)28(25,26)24(16-19-8-4-3-5-9-19)23-15-21-18(2)7-6-10-22(21)27-23/h3-15H,16H2,1-2H3. The zero-order valence-corrected chi connectivity index (χ0v) is 16.6. The molecule has 0 aliphatic rings. The second-order valence-corrected chi connectivity index (χ2v) is 8.74. The van der Waals surface area contributed by atoms with Gasteiger partial charge in [0, 0.05) is 11.5 Å². The highest BCUT2D eigenvalue weighted by Crippen LogP contribution is 2.33. The molecule has 0 fully saturated rings. The number of fused-ring (bicyclic) bond motifs is 1. The fourth-order valence-electron chi connectivity index (χ4n) is 3.18. The predicted molar refractivity (Wildman–Crippen MR) is 112 cm³/mol. The van der Waals surface area contributed by atoms with Crippen LogP contribution < -0.4 is 4.31 Å². The maximum atomic E-state index is 13.5. The van der Waals surface area contributed by atoms with E-state index in [1.54, 1.807) is 30.3 Å². The number of hydrogen-bond acceptors (Lipinski definition) is 3. The molecule has 0 unspecified atom stereocenters. The lowest BCUT2D eigenvalue weighted by molar-refractivity contribution is 0.570. The van der Waals surface area contributed by atoms with E-state index < -0.39 is 10.0 Å². The Labute approximate surface area is 165 Å². The van der Waals surface area contributed by atoms with E-state index in [4.69, 9.17) is 4.42 Å². The summed E-state index contributed by atoms with van der Waals surface area (Å²) in [7, 11) is -3.79. The maximum Gasteiger partial charge on any atom is 0.266 e. The summed E-state index contributed by atoms with van der Waals surface area (Å²) in [4.78, 5) is 0.242.